The average Bonchev–Trinajstić information content (AvgIpc) is 3.49. The van der Waals surface area contributed by atoms with E-state index in [1.54, 1.807) is 23.1 Å². The van der Waals surface area contributed by atoms with Gasteiger partial charge in [-0.2, -0.15) is 18.3 Å². The van der Waals surface area contributed by atoms with Crippen LogP contribution in [-0.4, -0.2) is 36.6 Å². The first-order valence-corrected chi connectivity index (χ1v) is 10.4. The van der Waals surface area contributed by atoms with Gasteiger partial charge in [0, 0.05) is 18.7 Å². The molecule has 1 amide bonds. The van der Waals surface area contributed by atoms with Crippen LogP contribution >= 0.6 is 0 Å². The molecule has 0 atom stereocenters. The second kappa shape index (κ2) is 7.88. The van der Waals surface area contributed by atoms with E-state index >= 15 is 0 Å². The topological polar surface area (TPSA) is 68.3 Å². The van der Waals surface area contributed by atoms with Gasteiger partial charge < -0.3 is 0 Å². The Balaban J connectivity index is 1.53. The molecule has 0 unspecified atom stereocenters. The molecular weight excluding hydrogens is 433 g/mol. The molecule has 3 aromatic heterocycles. The molecule has 4 heterocycles. The Labute approximate surface area is 186 Å². The maximum absolute atomic E-state index is 13.2. The van der Waals surface area contributed by atoms with Gasteiger partial charge in [-0.1, -0.05) is 18.2 Å². The fourth-order valence-corrected chi connectivity index (χ4v) is 3.89. The number of imidazole rings is 2. The number of amides is 1. The quantitative estimate of drug-likeness (QED) is 0.456. The normalized spacial score (nSPS) is 14.8. The van der Waals surface area contributed by atoms with E-state index in [1.807, 2.05) is 41.1 Å². The lowest BCUT2D eigenvalue weighted by Gasteiger charge is -2.10. The molecular formula is C23H19F3N6O. The van der Waals surface area contributed by atoms with Crippen LogP contribution in [0.5, 0.6) is 0 Å². The molecule has 4 aromatic rings. The van der Waals surface area contributed by atoms with Crippen LogP contribution in [0.4, 0.5) is 19.0 Å². The van der Waals surface area contributed by atoms with Crippen LogP contribution in [0.25, 0.3) is 23.5 Å². The van der Waals surface area contributed by atoms with Gasteiger partial charge in [0.05, 0.1) is 17.6 Å². The summed E-state index contributed by atoms with van der Waals surface area (Å²) in [5.41, 5.74) is 0.408. The molecule has 10 heteroatoms. The van der Waals surface area contributed by atoms with Crippen molar-refractivity contribution >= 4 is 29.5 Å². The zero-order valence-corrected chi connectivity index (χ0v) is 17.6. The SMILES string of the molecule is Cc1c(C(F)(F)F)nc2ccc(C=Cc3nc(N4CCCC4=O)cn3-c3ccccc3)nn12. The van der Waals surface area contributed by atoms with E-state index in [0.29, 0.717) is 30.3 Å². The smallest absolute Gasteiger partial charge is 0.298 e. The van der Waals surface area contributed by atoms with E-state index < -0.39 is 11.9 Å². The number of halogens is 3. The van der Waals surface area contributed by atoms with E-state index in [2.05, 4.69) is 15.1 Å². The minimum absolute atomic E-state index is 0.0337. The summed E-state index contributed by atoms with van der Waals surface area (Å²) in [6.07, 6.45) is 1.95. The summed E-state index contributed by atoms with van der Waals surface area (Å²) in [7, 11) is 0. The van der Waals surface area contributed by atoms with Crippen molar-refractivity contribution in [2.24, 2.45) is 0 Å². The predicted molar refractivity (Wildman–Crippen MR) is 117 cm³/mol. The van der Waals surface area contributed by atoms with Crippen molar-refractivity contribution in [2.75, 3.05) is 11.4 Å². The number of nitrogens with zero attached hydrogens (tertiary/aromatic N) is 6. The summed E-state index contributed by atoms with van der Waals surface area (Å²) in [6, 6.07) is 12.6. The van der Waals surface area contributed by atoms with Crippen LogP contribution in [0.3, 0.4) is 0 Å². The molecule has 0 bridgehead atoms. The maximum Gasteiger partial charge on any atom is 0.435 e. The average molecular weight is 452 g/mol. The lowest BCUT2D eigenvalue weighted by atomic mass is 10.3. The summed E-state index contributed by atoms with van der Waals surface area (Å²) < 4.78 is 42.5. The van der Waals surface area contributed by atoms with Crippen LogP contribution < -0.4 is 4.90 Å². The first kappa shape index (κ1) is 20.9. The van der Waals surface area contributed by atoms with Crippen molar-refractivity contribution in [3.05, 3.63) is 71.6 Å². The molecule has 0 aliphatic carbocycles. The number of anilines is 1. The second-order valence-corrected chi connectivity index (χ2v) is 7.72. The summed E-state index contributed by atoms with van der Waals surface area (Å²) >= 11 is 0. The maximum atomic E-state index is 13.2. The van der Waals surface area contributed by atoms with E-state index in [1.165, 1.54) is 17.5 Å². The van der Waals surface area contributed by atoms with Crippen molar-refractivity contribution in [3.8, 4) is 5.69 Å². The van der Waals surface area contributed by atoms with Gasteiger partial charge in [0.15, 0.2) is 17.2 Å². The Hall–Kier alpha value is -3.95. The van der Waals surface area contributed by atoms with Crippen LogP contribution in [0.15, 0.2) is 48.7 Å². The van der Waals surface area contributed by atoms with Gasteiger partial charge in [-0.15, -0.1) is 0 Å². The Morgan fingerprint density at radius 3 is 2.52 bits per heavy atom. The number of rotatable bonds is 4. The van der Waals surface area contributed by atoms with Gasteiger partial charge in [-0.25, -0.2) is 14.5 Å². The number of hydrogen-bond acceptors (Lipinski definition) is 4. The predicted octanol–water partition coefficient (Wildman–Crippen LogP) is 4.54. The molecule has 0 N–H and O–H groups in total. The second-order valence-electron chi connectivity index (χ2n) is 7.72. The van der Waals surface area contributed by atoms with Gasteiger partial charge in [0.25, 0.3) is 0 Å². The number of hydrogen-bond donors (Lipinski definition) is 0. The molecule has 168 valence electrons. The Kier molecular flexibility index (Phi) is 4.99. The summed E-state index contributed by atoms with van der Waals surface area (Å²) in [4.78, 5) is 22.1. The molecule has 5 rings (SSSR count). The first-order valence-electron chi connectivity index (χ1n) is 10.4. The third kappa shape index (κ3) is 3.88. The fourth-order valence-electron chi connectivity index (χ4n) is 3.89. The molecule has 0 saturated carbocycles. The molecule has 1 aliphatic rings. The Morgan fingerprint density at radius 2 is 1.82 bits per heavy atom. The molecule has 33 heavy (non-hydrogen) atoms. The molecule has 7 nitrogen and oxygen atoms in total. The molecule has 0 radical (unpaired) electrons. The number of benzene rings is 1. The van der Waals surface area contributed by atoms with Crippen LogP contribution in [-0.2, 0) is 11.0 Å². The van der Waals surface area contributed by atoms with Gasteiger partial charge in [0.1, 0.15) is 5.82 Å². The van der Waals surface area contributed by atoms with E-state index in [-0.39, 0.29) is 17.2 Å². The third-order valence-corrected chi connectivity index (χ3v) is 5.50. The highest BCUT2D eigenvalue weighted by Crippen LogP contribution is 2.31. The van der Waals surface area contributed by atoms with E-state index in [4.69, 9.17) is 0 Å². The zero-order valence-electron chi connectivity index (χ0n) is 17.6. The van der Waals surface area contributed by atoms with E-state index in [0.717, 1.165) is 12.1 Å². The minimum Gasteiger partial charge on any atom is -0.298 e. The summed E-state index contributed by atoms with van der Waals surface area (Å²) in [5, 5.41) is 4.29. The highest BCUT2D eigenvalue weighted by molar-refractivity contribution is 5.94. The molecule has 1 saturated heterocycles. The van der Waals surface area contributed by atoms with Crippen molar-refractivity contribution < 1.29 is 18.0 Å². The number of aromatic nitrogens is 5. The van der Waals surface area contributed by atoms with Crippen LogP contribution in [0.2, 0.25) is 0 Å². The minimum atomic E-state index is -4.54. The molecule has 1 aromatic carbocycles. The number of para-hydroxylation sites is 1. The largest absolute Gasteiger partial charge is 0.435 e. The number of alkyl halides is 3. The lowest BCUT2D eigenvalue weighted by Crippen LogP contribution is -2.23. The van der Waals surface area contributed by atoms with Gasteiger partial charge in [0.2, 0.25) is 5.91 Å². The number of fused-ring (bicyclic) bond motifs is 1. The summed E-state index contributed by atoms with van der Waals surface area (Å²) in [5.74, 6) is 1.16. The van der Waals surface area contributed by atoms with Gasteiger partial charge in [-0.05, 0) is 49.8 Å². The molecule has 0 spiro atoms. The van der Waals surface area contributed by atoms with Crippen LogP contribution in [0.1, 0.15) is 35.7 Å². The van der Waals surface area contributed by atoms with Crippen LogP contribution in [0, 0.1) is 6.92 Å². The summed E-state index contributed by atoms with van der Waals surface area (Å²) in [6.45, 7) is 1.96. The zero-order chi connectivity index (χ0) is 23.2. The monoisotopic (exact) mass is 452 g/mol. The number of carbonyl (C=O) groups excluding carboxylic acids is 1. The van der Waals surface area contributed by atoms with Crippen molar-refractivity contribution in [3.63, 3.8) is 0 Å². The Bertz CT molecular complexity index is 1370. The standard InChI is InChI=1S/C23H19F3N6O/c1-15-22(23(24,25)26)28-19-12-10-16(29-32(15)19)9-11-18-27-20(30-13-5-8-21(30)33)14-31(18)17-6-3-2-4-7-17/h2-4,6-7,9-12,14H,5,8,13H2,1H3. The molecule has 1 aliphatic heterocycles. The van der Waals surface area contributed by atoms with Crippen molar-refractivity contribution in [1.29, 1.82) is 0 Å². The third-order valence-electron chi connectivity index (χ3n) is 5.50. The van der Waals surface area contributed by atoms with Crippen molar-refractivity contribution in [1.82, 2.24) is 24.1 Å². The lowest BCUT2D eigenvalue weighted by molar-refractivity contribution is -0.141. The van der Waals surface area contributed by atoms with E-state index in [9.17, 15) is 18.0 Å². The highest BCUT2D eigenvalue weighted by atomic mass is 19.4. The van der Waals surface area contributed by atoms with Gasteiger partial charge in [-0.3, -0.25) is 14.3 Å². The fraction of sp³-hybridized carbons (Fsp3) is 0.217. The van der Waals surface area contributed by atoms with Crippen molar-refractivity contribution in [2.45, 2.75) is 25.9 Å². The molecule has 1 fully saturated rings. The Morgan fingerprint density at radius 1 is 1.03 bits per heavy atom. The highest BCUT2D eigenvalue weighted by Gasteiger charge is 2.36. The number of carbonyl (C=O) groups is 1. The first-order chi connectivity index (χ1) is 15.8. The number of aryl methyl sites for hydroxylation is 1. The van der Waals surface area contributed by atoms with Gasteiger partial charge >= 0.3 is 6.18 Å².